The van der Waals surface area contributed by atoms with Crippen molar-refractivity contribution in [2.75, 3.05) is 0 Å². The van der Waals surface area contributed by atoms with Gasteiger partial charge in [-0.05, 0) is 44.2 Å². The molecule has 2 heterocycles. The number of hydrogen-bond donors (Lipinski definition) is 1. The minimum absolute atomic E-state index is 0.174. The maximum atomic E-state index is 9.62. The first-order valence-corrected chi connectivity index (χ1v) is 8.99. The van der Waals surface area contributed by atoms with Crippen molar-refractivity contribution in [2.24, 2.45) is 0 Å². The van der Waals surface area contributed by atoms with Crippen molar-refractivity contribution in [1.29, 1.82) is 0 Å². The van der Waals surface area contributed by atoms with Crippen LogP contribution in [0.5, 0.6) is 0 Å². The Balaban J connectivity index is 1.50. The average molecular weight is 332 g/mol. The molecular weight excluding hydrogens is 304 g/mol. The first-order chi connectivity index (χ1) is 11.8. The summed E-state index contributed by atoms with van der Waals surface area (Å²) in [6.45, 7) is 2.10. The van der Waals surface area contributed by atoms with Crippen LogP contribution in [0.15, 0.2) is 39.4 Å². The first kappa shape index (κ1) is 18.5. The Morgan fingerprint density at radius 3 is 2.83 bits per heavy atom. The Labute approximate surface area is 143 Å². The van der Waals surface area contributed by atoms with E-state index in [9.17, 15) is 5.11 Å². The molecule has 0 aliphatic heterocycles. The second kappa shape index (κ2) is 10.8. The smallest absolute Gasteiger partial charge is 0.283 e. The minimum Gasteiger partial charge on any atom is -0.459 e. The zero-order valence-corrected chi connectivity index (χ0v) is 14.5. The van der Waals surface area contributed by atoms with Crippen LogP contribution in [0.4, 0.5) is 0 Å². The molecule has 0 saturated carbocycles. The van der Waals surface area contributed by atoms with Crippen LogP contribution in [-0.2, 0) is 6.42 Å². The highest BCUT2D eigenvalue weighted by Crippen LogP contribution is 2.18. The predicted octanol–water partition coefficient (Wildman–Crippen LogP) is 4.93. The van der Waals surface area contributed by atoms with Crippen molar-refractivity contribution in [1.82, 2.24) is 10.2 Å². The number of aliphatic hydroxyl groups is 1. The Hall–Kier alpha value is -1.88. The van der Waals surface area contributed by atoms with Crippen molar-refractivity contribution in [3.05, 3.63) is 36.4 Å². The van der Waals surface area contributed by atoms with Crippen LogP contribution in [0.25, 0.3) is 11.7 Å². The van der Waals surface area contributed by atoms with E-state index in [-0.39, 0.29) is 6.10 Å². The lowest BCUT2D eigenvalue weighted by atomic mass is 10.1. The molecule has 1 unspecified atom stereocenters. The molecule has 5 nitrogen and oxygen atoms in total. The van der Waals surface area contributed by atoms with Crippen LogP contribution < -0.4 is 0 Å². The Bertz CT molecular complexity index is 575. The molecule has 0 spiro atoms. The van der Waals surface area contributed by atoms with Gasteiger partial charge in [-0.3, -0.25) is 0 Å². The number of rotatable bonds is 12. The Morgan fingerprint density at radius 2 is 2.04 bits per heavy atom. The maximum Gasteiger partial charge on any atom is 0.283 e. The molecule has 0 aliphatic rings. The number of hydrogen-bond acceptors (Lipinski definition) is 5. The molecular formula is C19H28N2O3. The van der Waals surface area contributed by atoms with Crippen LogP contribution in [-0.4, -0.2) is 21.4 Å². The van der Waals surface area contributed by atoms with E-state index in [0.29, 0.717) is 17.5 Å². The SMILES string of the molecule is CCCC(O)C/C=C/CCCCCCc1nnc(-c2ccco2)o1. The Morgan fingerprint density at radius 1 is 1.17 bits per heavy atom. The summed E-state index contributed by atoms with van der Waals surface area (Å²) in [5.41, 5.74) is 0. The van der Waals surface area contributed by atoms with Crippen LogP contribution >= 0.6 is 0 Å². The largest absolute Gasteiger partial charge is 0.459 e. The lowest BCUT2D eigenvalue weighted by Crippen LogP contribution is -2.02. The zero-order chi connectivity index (χ0) is 17.0. The predicted molar refractivity (Wildman–Crippen MR) is 93.5 cm³/mol. The summed E-state index contributed by atoms with van der Waals surface area (Å²) in [5.74, 6) is 1.74. The van der Waals surface area contributed by atoms with E-state index in [4.69, 9.17) is 8.83 Å². The van der Waals surface area contributed by atoms with Crippen molar-refractivity contribution in [3.63, 3.8) is 0 Å². The molecule has 0 aliphatic carbocycles. The van der Waals surface area contributed by atoms with Crippen LogP contribution in [0.1, 0.15) is 64.2 Å². The second-order valence-electron chi connectivity index (χ2n) is 6.08. The highest BCUT2D eigenvalue weighted by Gasteiger charge is 2.10. The number of aryl methyl sites for hydroxylation is 1. The van der Waals surface area contributed by atoms with Crippen molar-refractivity contribution in [2.45, 2.75) is 70.8 Å². The first-order valence-electron chi connectivity index (χ1n) is 8.99. The molecule has 0 saturated heterocycles. The van der Waals surface area contributed by atoms with E-state index < -0.39 is 0 Å². The summed E-state index contributed by atoms with van der Waals surface area (Å²) < 4.78 is 10.8. The number of allylic oxidation sites excluding steroid dienone is 1. The molecule has 2 rings (SSSR count). The molecule has 0 bridgehead atoms. The van der Waals surface area contributed by atoms with Crippen molar-refractivity contribution < 1.29 is 13.9 Å². The van der Waals surface area contributed by atoms with Gasteiger partial charge in [0.05, 0.1) is 12.4 Å². The molecule has 0 aromatic carbocycles. The lowest BCUT2D eigenvalue weighted by molar-refractivity contribution is 0.166. The number of aromatic nitrogens is 2. The van der Waals surface area contributed by atoms with Gasteiger partial charge in [0, 0.05) is 6.42 Å². The fourth-order valence-electron chi connectivity index (χ4n) is 2.57. The van der Waals surface area contributed by atoms with E-state index in [1.807, 2.05) is 6.07 Å². The fourth-order valence-corrected chi connectivity index (χ4v) is 2.57. The zero-order valence-electron chi connectivity index (χ0n) is 14.5. The van der Waals surface area contributed by atoms with Crippen LogP contribution in [0.3, 0.4) is 0 Å². The van der Waals surface area contributed by atoms with Gasteiger partial charge in [-0.2, -0.15) is 0 Å². The summed E-state index contributed by atoms with van der Waals surface area (Å²) in [5, 5.41) is 17.7. The van der Waals surface area contributed by atoms with Gasteiger partial charge in [0.2, 0.25) is 5.89 Å². The normalized spacial score (nSPS) is 12.9. The molecule has 2 aromatic heterocycles. The van der Waals surface area contributed by atoms with E-state index >= 15 is 0 Å². The number of unbranched alkanes of at least 4 members (excludes halogenated alkanes) is 4. The van der Waals surface area contributed by atoms with Gasteiger partial charge < -0.3 is 13.9 Å². The summed E-state index contributed by atoms with van der Waals surface area (Å²) >= 11 is 0. The van der Waals surface area contributed by atoms with Gasteiger partial charge >= 0.3 is 0 Å². The average Bonchev–Trinajstić information content (AvgIpc) is 3.24. The van der Waals surface area contributed by atoms with Gasteiger partial charge in [0.15, 0.2) is 5.76 Å². The van der Waals surface area contributed by atoms with Gasteiger partial charge in [0.1, 0.15) is 0 Å². The third-order valence-corrected chi connectivity index (χ3v) is 3.91. The highest BCUT2D eigenvalue weighted by atomic mass is 16.4. The van der Waals surface area contributed by atoms with Gasteiger partial charge in [-0.15, -0.1) is 10.2 Å². The standard InChI is InChI=1S/C19H28N2O3/c1-2-11-16(22)12-8-6-4-3-5-7-9-14-18-20-21-19(24-18)17-13-10-15-23-17/h6,8,10,13,15-16,22H,2-5,7,9,11-12,14H2,1H3/b8-6+. The fraction of sp³-hybridized carbons (Fsp3) is 0.579. The third kappa shape index (κ3) is 6.71. The summed E-state index contributed by atoms with van der Waals surface area (Å²) in [6, 6.07) is 3.62. The van der Waals surface area contributed by atoms with Crippen molar-refractivity contribution in [3.8, 4) is 11.7 Å². The van der Waals surface area contributed by atoms with Crippen LogP contribution in [0, 0.1) is 0 Å². The number of aliphatic hydroxyl groups excluding tert-OH is 1. The highest BCUT2D eigenvalue weighted by molar-refractivity contribution is 5.42. The summed E-state index contributed by atoms with van der Waals surface area (Å²) in [6.07, 6.45) is 14.9. The number of furan rings is 1. The molecule has 0 fully saturated rings. The third-order valence-electron chi connectivity index (χ3n) is 3.91. The summed E-state index contributed by atoms with van der Waals surface area (Å²) in [7, 11) is 0. The molecule has 1 atom stereocenters. The second-order valence-corrected chi connectivity index (χ2v) is 6.08. The minimum atomic E-state index is -0.174. The van der Waals surface area contributed by atoms with Gasteiger partial charge in [-0.1, -0.05) is 38.3 Å². The van der Waals surface area contributed by atoms with Crippen molar-refractivity contribution >= 4 is 0 Å². The molecule has 1 N–H and O–H groups in total. The molecule has 5 heteroatoms. The molecule has 132 valence electrons. The maximum absolute atomic E-state index is 9.62. The van der Waals surface area contributed by atoms with E-state index in [0.717, 1.165) is 44.9 Å². The van der Waals surface area contributed by atoms with E-state index in [2.05, 4.69) is 29.3 Å². The topological polar surface area (TPSA) is 72.3 Å². The molecule has 2 aromatic rings. The van der Waals surface area contributed by atoms with Gasteiger partial charge in [0.25, 0.3) is 5.89 Å². The van der Waals surface area contributed by atoms with E-state index in [1.54, 1.807) is 12.3 Å². The quantitative estimate of drug-likeness (QED) is 0.441. The van der Waals surface area contributed by atoms with Crippen LogP contribution in [0.2, 0.25) is 0 Å². The Kier molecular flexibility index (Phi) is 8.32. The van der Waals surface area contributed by atoms with Gasteiger partial charge in [-0.25, -0.2) is 0 Å². The molecule has 0 amide bonds. The number of nitrogens with zero attached hydrogens (tertiary/aromatic N) is 2. The monoisotopic (exact) mass is 332 g/mol. The molecule has 24 heavy (non-hydrogen) atoms. The lowest BCUT2D eigenvalue weighted by Gasteiger charge is -2.04. The van der Waals surface area contributed by atoms with E-state index in [1.165, 1.54) is 12.8 Å². The summed E-state index contributed by atoms with van der Waals surface area (Å²) in [4.78, 5) is 0. The molecule has 0 radical (unpaired) electrons.